The van der Waals surface area contributed by atoms with Crippen molar-refractivity contribution in [3.8, 4) is 0 Å². The lowest BCUT2D eigenvalue weighted by molar-refractivity contribution is 0.0961. The predicted molar refractivity (Wildman–Crippen MR) is 46.9 cm³/mol. The van der Waals surface area contributed by atoms with Crippen molar-refractivity contribution in [1.29, 1.82) is 0 Å². The van der Waals surface area contributed by atoms with Gasteiger partial charge < -0.3 is 10.2 Å². The van der Waals surface area contributed by atoms with Gasteiger partial charge in [0.1, 0.15) is 0 Å². The number of carbonyl (C=O) groups excluding carboxylic acids is 1. The Morgan fingerprint density at radius 2 is 2.25 bits per heavy atom. The minimum atomic E-state index is 0.151. The normalized spacial score (nSPS) is 35.8. The van der Waals surface area contributed by atoms with E-state index in [2.05, 4.69) is 12.2 Å². The lowest BCUT2D eigenvalue weighted by atomic mass is 9.80. The number of amides is 2. The smallest absolute Gasteiger partial charge is 0.317 e. The summed E-state index contributed by atoms with van der Waals surface area (Å²) in [6.07, 6.45) is 3.51. The van der Waals surface area contributed by atoms with Crippen LogP contribution in [0.25, 0.3) is 0 Å². The molecule has 0 atom stereocenters. The Kier molecular flexibility index (Phi) is 1.95. The molecule has 2 amide bonds. The van der Waals surface area contributed by atoms with Gasteiger partial charge >= 0.3 is 6.03 Å². The zero-order valence-electron chi connectivity index (χ0n) is 7.55. The summed E-state index contributed by atoms with van der Waals surface area (Å²) < 4.78 is 0. The van der Waals surface area contributed by atoms with Crippen LogP contribution in [0, 0.1) is 5.92 Å². The standard InChI is InChI=1S/C9H16N2O/c1-7-5-8(6-7)11-4-2-3-10-9(11)12/h7-8H,2-6H2,1H3,(H,10,12). The average Bonchev–Trinajstić information content (AvgIpc) is 2.01. The van der Waals surface area contributed by atoms with Crippen LogP contribution in [0.2, 0.25) is 0 Å². The molecular weight excluding hydrogens is 152 g/mol. The summed E-state index contributed by atoms with van der Waals surface area (Å²) in [7, 11) is 0. The predicted octanol–water partition coefficient (Wildman–Crippen LogP) is 1.20. The lowest BCUT2D eigenvalue weighted by Gasteiger charge is -2.43. The number of hydrogen-bond donors (Lipinski definition) is 1. The second-order valence-corrected chi connectivity index (χ2v) is 4.01. The van der Waals surface area contributed by atoms with E-state index in [-0.39, 0.29) is 6.03 Å². The minimum Gasteiger partial charge on any atom is -0.338 e. The zero-order valence-corrected chi connectivity index (χ0v) is 7.55. The summed E-state index contributed by atoms with van der Waals surface area (Å²) in [4.78, 5) is 13.4. The van der Waals surface area contributed by atoms with E-state index in [1.54, 1.807) is 0 Å². The van der Waals surface area contributed by atoms with Gasteiger partial charge in [0.15, 0.2) is 0 Å². The molecule has 0 radical (unpaired) electrons. The van der Waals surface area contributed by atoms with Gasteiger partial charge in [-0.25, -0.2) is 4.79 Å². The molecule has 1 aliphatic heterocycles. The number of carbonyl (C=O) groups is 1. The van der Waals surface area contributed by atoms with E-state index >= 15 is 0 Å². The van der Waals surface area contributed by atoms with Gasteiger partial charge in [-0.15, -0.1) is 0 Å². The molecule has 2 fully saturated rings. The Morgan fingerprint density at radius 1 is 1.50 bits per heavy atom. The third-order valence-electron chi connectivity index (χ3n) is 2.90. The molecule has 3 heteroatoms. The molecule has 0 spiro atoms. The van der Waals surface area contributed by atoms with Crippen LogP contribution in [0.1, 0.15) is 26.2 Å². The van der Waals surface area contributed by atoms with E-state index in [9.17, 15) is 4.79 Å². The van der Waals surface area contributed by atoms with Gasteiger partial charge in [-0.05, 0) is 25.2 Å². The summed E-state index contributed by atoms with van der Waals surface area (Å²) in [5.74, 6) is 0.824. The van der Waals surface area contributed by atoms with Crippen LogP contribution >= 0.6 is 0 Å². The lowest BCUT2D eigenvalue weighted by Crippen LogP contribution is -2.54. The van der Waals surface area contributed by atoms with Gasteiger partial charge in [0, 0.05) is 19.1 Å². The van der Waals surface area contributed by atoms with Crippen molar-refractivity contribution in [2.45, 2.75) is 32.2 Å². The summed E-state index contributed by atoms with van der Waals surface area (Å²) >= 11 is 0. The van der Waals surface area contributed by atoms with Gasteiger partial charge in [0.2, 0.25) is 0 Å². The molecule has 68 valence electrons. The van der Waals surface area contributed by atoms with Crippen molar-refractivity contribution in [2.75, 3.05) is 13.1 Å². The first-order valence-corrected chi connectivity index (χ1v) is 4.82. The Labute approximate surface area is 73.1 Å². The summed E-state index contributed by atoms with van der Waals surface area (Å²) in [5, 5.41) is 2.88. The Balaban J connectivity index is 1.89. The van der Waals surface area contributed by atoms with E-state index in [4.69, 9.17) is 0 Å². The Morgan fingerprint density at radius 3 is 2.83 bits per heavy atom. The quantitative estimate of drug-likeness (QED) is 0.627. The van der Waals surface area contributed by atoms with Crippen molar-refractivity contribution in [3.05, 3.63) is 0 Å². The fourth-order valence-corrected chi connectivity index (χ4v) is 2.11. The van der Waals surface area contributed by atoms with Gasteiger partial charge in [-0.3, -0.25) is 0 Å². The van der Waals surface area contributed by atoms with Crippen molar-refractivity contribution >= 4 is 6.03 Å². The highest BCUT2D eigenvalue weighted by Crippen LogP contribution is 2.31. The van der Waals surface area contributed by atoms with Gasteiger partial charge in [0.25, 0.3) is 0 Å². The Bertz CT molecular complexity index is 187. The van der Waals surface area contributed by atoms with Crippen LogP contribution < -0.4 is 5.32 Å². The van der Waals surface area contributed by atoms with Gasteiger partial charge in [0.05, 0.1) is 0 Å². The maximum Gasteiger partial charge on any atom is 0.317 e. The second kappa shape index (κ2) is 2.96. The van der Waals surface area contributed by atoms with Crippen LogP contribution in [0.3, 0.4) is 0 Å². The maximum absolute atomic E-state index is 11.4. The van der Waals surface area contributed by atoms with Crippen molar-refractivity contribution < 1.29 is 4.79 Å². The third-order valence-corrected chi connectivity index (χ3v) is 2.90. The van der Waals surface area contributed by atoms with E-state index in [1.807, 2.05) is 4.90 Å². The molecule has 0 aromatic rings. The van der Waals surface area contributed by atoms with E-state index in [0.29, 0.717) is 6.04 Å². The average molecular weight is 168 g/mol. The molecule has 3 nitrogen and oxygen atoms in total. The summed E-state index contributed by atoms with van der Waals surface area (Å²) in [6, 6.07) is 0.693. The monoisotopic (exact) mass is 168 g/mol. The molecule has 12 heavy (non-hydrogen) atoms. The number of nitrogens with one attached hydrogen (secondary N) is 1. The van der Waals surface area contributed by atoms with Crippen LogP contribution in [0.15, 0.2) is 0 Å². The van der Waals surface area contributed by atoms with Crippen LogP contribution in [-0.4, -0.2) is 30.1 Å². The van der Waals surface area contributed by atoms with Crippen molar-refractivity contribution in [1.82, 2.24) is 10.2 Å². The van der Waals surface area contributed by atoms with Crippen molar-refractivity contribution in [2.24, 2.45) is 5.92 Å². The first-order chi connectivity index (χ1) is 5.77. The molecule has 1 aliphatic carbocycles. The van der Waals surface area contributed by atoms with Crippen molar-refractivity contribution in [3.63, 3.8) is 0 Å². The summed E-state index contributed by atoms with van der Waals surface area (Å²) in [5.41, 5.74) is 0. The number of nitrogens with zero attached hydrogens (tertiary/aromatic N) is 1. The molecule has 0 bridgehead atoms. The largest absolute Gasteiger partial charge is 0.338 e. The van der Waals surface area contributed by atoms with Crippen LogP contribution in [-0.2, 0) is 0 Å². The SMILES string of the molecule is CC1CC(N2CCCNC2=O)C1. The fourth-order valence-electron chi connectivity index (χ4n) is 2.11. The van der Waals surface area contributed by atoms with Crippen LogP contribution in [0.4, 0.5) is 4.79 Å². The maximum atomic E-state index is 11.4. The van der Waals surface area contributed by atoms with Gasteiger partial charge in [-0.1, -0.05) is 6.92 Å². The highest BCUT2D eigenvalue weighted by Gasteiger charge is 2.34. The Hall–Kier alpha value is -0.730. The molecule has 0 aromatic heterocycles. The molecule has 1 saturated heterocycles. The minimum absolute atomic E-state index is 0.151. The van der Waals surface area contributed by atoms with Crippen LogP contribution in [0.5, 0.6) is 0 Å². The zero-order chi connectivity index (χ0) is 8.55. The second-order valence-electron chi connectivity index (χ2n) is 4.01. The molecule has 2 rings (SSSR count). The first kappa shape index (κ1) is 7.90. The highest BCUT2D eigenvalue weighted by atomic mass is 16.2. The summed E-state index contributed by atoms with van der Waals surface area (Å²) in [6.45, 7) is 4.07. The molecule has 0 unspecified atom stereocenters. The topological polar surface area (TPSA) is 32.3 Å². The number of hydrogen-bond acceptors (Lipinski definition) is 1. The van der Waals surface area contributed by atoms with E-state index in [0.717, 1.165) is 25.4 Å². The number of rotatable bonds is 1. The molecule has 1 N–H and O–H groups in total. The fraction of sp³-hybridized carbons (Fsp3) is 0.889. The molecule has 2 aliphatic rings. The molecule has 1 saturated carbocycles. The number of urea groups is 1. The highest BCUT2D eigenvalue weighted by molar-refractivity contribution is 5.75. The third kappa shape index (κ3) is 1.28. The molecule has 1 heterocycles. The molecule has 0 aromatic carbocycles. The van der Waals surface area contributed by atoms with E-state index < -0.39 is 0 Å². The van der Waals surface area contributed by atoms with E-state index in [1.165, 1.54) is 12.8 Å². The first-order valence-electron chi connectivity index (χ1n) is 4.82. The van der Waals surface area contributed by atoms with Gasteiger partial charge in [-0.2, -0.15) is 0 Å². The molecular formula is C9H16N2O.